The van der Waals surface area contributed by atoms with Crippen molar-refractivity contribution in [1.82, 2.24) is 4.90 Å². The Balaban J connectivity index is 2.05. The Bertz CT molecular complexity index is 701. The largest absolute Gasteiger partial charge is 0.498 e. The lowest BCUT2D eigenvalue weighted by atomic mass is 9.78. The number of halogens is 1. The lowest BCUT2D eigenvalue weighted by molar-refractivity contribution is 0.00578. The van der Waals surface area contributed by atoms with E-state index >= 15 is 0 Å². The van der Waals surface area contributed by atoms with Gasteiger partial charge in [0, 0.05) is 12.5 Å². The zero-order chi connectivity index (χ0) is 21.3. The van der Waals surface area contributed by atoms with Crippen molar-refractivity contribution >= 4 is 18.7 Å². The van der Waals surface area contributed by atoms with Gasteiger partial charge < -0.3 is 23.7 Å². The van der Waals surface area contributed by atoms with Crippen molar-refractivity contribution in [2.24, 2.45) is 0 Å². The van der Waals surface area contributed by atoms with Crippen molar-refractivity contribution in [3.63, 3.8) is 0 Å². The van der Waals surface area contributed by atoms with Gasteiger partial charge in [-0.25, -0.2) is 9.18 Å². The smallest absolute Gasteiger partial charge is 0.492 e. The number of hydrogen-bond acceptors (Lipinski definition) is 5. The van der Waals surface area contributed by atoms with Gasteiger partial charge in [0.2, 0.25) is 0 Å². The molecule has 1 aliphatic heterocycles. The molecule has 1 amide bonds. The Labute approximate surface area is 167 Å². The summed E-state index contributed by atoms with van der Waals surface area (Å²) >= 11 is 0. The molecule has 0 spiro atoms. The molecule has 1 fully saturated rings. The van der Waals surface area contributed by atoms with Crippen LogP contribution in [0, 0.1) is 5.82 Å². The van der Waals surface area contributed by atoms with Crippen molar-refractivity contribution in [3.8, 4) is 5.75 Å². The van der Waals surface area contributed by atoms with E-state index in [2.05, 4.69) is 0 Å². The monoisotopic (exact) mass is 395 g/mol. The van der Waals surface area contributed by atoms with E-state index in [0.717, 1.165) is 0 Å². The predicted octanol–water partition coefficient (Wildman–Crippen LogP) is 3.37. The van der Waals surface area contributed by atoms with Gasteiger partial charge >= 0.3 is 13.2 Å². The fourth-order valence-corrected chi connectivity index (χ4v) is 2.53. The zero-order valence-corrected chi connectivity index (χ0v) is 18.1. The second-order valence-electron chi connectivity index (χ2n) is 9.02. The van der Waals surface area contributed by atoms with Crippen LogP contribution in [0.4, 0.5) is 9.18 Å². The molecule has 0 N–H and O–H groups in total. The number of carbonyl (C=O) groups excluding carboxylic acids is 1. The summed E-state index contributed by atoms with van der Waals surface area (Å²) in [5, 5.41) is 0. The molecule has 28 heavy (non-hydrogen) atoms. The molecule has 8 heteroatoms. The third-order valence-corrected chi connectivity index (χ3v) is 4.87. The van der Waals surface area contributed by atoms with Crippen LogP contribution in [0.2, 0.25) is 0 Å². The van der Waals surface area contributed by atoms with Gasteiger partial charge in [0.15, 0.2) is 0 Å². The van der Waals surface area contributed by atoms with Gasteiger partial charge in [-0.3, -0.25) is 0 Å². The topological polar surface area (TPSA) is 57.2 Å². The maximum Gasteiger partial charge on any atom is 0.498 e. The molecule has 156 valence electrons. The van der Waals surface area contributed by atoms with Gasteiger partial charge in [0.05, 0.1) is 17.7 Å². The Hall–Kier alpha value is -1.80. The van der Waals surface area contributed by atoms with Crippen LogP contribution >= 0.6 is 0 Å². The van der Waals surface area contributed by atoms with E-state index in [0.29, 0.717) is 17.8 Å². The van der Waals surface area contributed by atoms with Gasteiger partial charge in [-0.15, -0.1) is 0 Å². The molecule has 0 saturated carbocycles. The highest BCUT2D eigenvalue weighted by atomic mass is 19.1. The lowest BCUT2D eigenvalue weighted by Gasteiger charge is -2.32. The van der Waals surface area contributed by atoms with Crippen LogP contribution in [0.1, 0.15) is 48.5 Å². The quantitative estimate of drug-likeness (QED) is 0.716. The standard InChI is InChI=1S/C20H31BFNO5/c1-18(2,3)26-17(24)23(8)11-12-25-16-10-9-14(22)13-15(16)21-27-19(4,5)20(6,7)28-21/h9-10,13H,11-12H2,1-8H3. The minimum atomic E-state index is -0.737. The molecule has 0 atom stereocenters. The molecule has 1 heterocycles. The second-order valence-corrected chi connectivity index (χ2v) is 9.02. The number of nitrogens with zero attached hydrogens (tertiary/aromatic N) is 1. The van der Waals surface area contributed by atoms with Crippen LogP contribution in [-0.2, 0) is 14.0 Å². The van der Waals surface area contributed by atoms with Crippen LogP contribution in [0.3, 0.4) is 0 Å². The summed E-state index contributed by atoms with van der Waals surface area (Å²) in [7, 11) is 0.899. The number of rotatable bonds is 5. The SMILES string of the molecule is CN(CCOc1ccc(F)cc1B1OC(C)(C)C(C)(C)O1)C(=O)OC(C)(C)C. The normalized spacial score (nSPS) is 18.1. The molecule has 6 nitrogen and oxygen atoms in total. The summed E-state index contributed by atoms with van der Waals surface area (Å²) in [6, 6.07) is 4.22. The molecule has 1 saturated heterocycles. The molecular weight excluding hydrogens is 364 g/mol. The summed E-state index contributed by atoms with van der Waals surface area (Å²) in [6.45, 7) is 13.7. The zero-order valence-electron chi connectivity index (χ0n) is 18.1. The van der Waals surface area contributed by atoms with E-state index in [1.54, 1.807) is 13.1 Å². The maximum absolute atomic E-state index is 13.9. The van der Waals surface area contributed by atoms with Crippen molar-refractivity contribution in [2.75, 3.05) is 20.2 Å². The molecule has 1 aromatic rings. The van der Waals surface area contributed by atoms with Gasteiger partial charge in [-0.05, 0) is 66.7 Å². The number of benzene rings is 1. The third kappa shape index (κ3) is 5.38. The summed E-state index contributed by atoms with van der Waals surface area (Å²) in [6.07, 6.45) is -0.429. The van der Waals surface area contributed by atoms with Gasteiger partial charge in [0.25, 0.3) is 0 Å². The second kappa shape index (κ2) is 7.91. The van der Waals surface area contributed by atoms with Crippen molar-refractivity contribution in [3.05, 3.63) is 24.0 Å². The highest BCUT2D eigenvalue weighted by molar-refractivity contribution is 6.63. The van der Waals surface area contributed by atoms with Crippen LogP contribution in [0.25, 0.3) is 0 Å². The minimum absolute atomic E-state index is 0.216. The van der Waals surface area contributed by atoms with Gasteiger partial charge in [-0.2, -0.15) is 0 Å². The number of carbonyl (C=O) groups is 1. The molecule has 0 unspecified atom stereocenters. The van der Waals surface area contributed by atoms with E-state index in [9.17, 15) is 9.18 Å². The van der Waals surface area contributed by atoms with Crippen molar-refractivity contribution in [1.29, 1.82) is 0 Å². The molecule has 0 aliphatic carbocycles. The molecule has 0 aromatic heterocycles. The molecule has 2 rings (SSSR count). The molecule has 1 aliphatic rings. The first-order valence-corrected chi connectivity index (χ1v) is 9.44. The first-order valence-electron chi connectivity index (χ1n) is 9.44. The van der Waals surface area contributed by atoms with Crippen LogP contribution in [0.15, 0.2) is 18.2 Å². The first-order chi connectivity index (χ1) is 12.7. The van der Waals surface area contributed by atoms with Gasteiger partial charge in [-0.1, -0.05) is 0 Å². The lowest BCUT2D eigenvalue weighted by Crippen LogP contribution is -2.41. The summed E-state index contributed by atoms with van der Waals surface area (Å²) in [5.41, 5.74) is -1.16. The summed E-state index contributed by atoms with van der Waals surface area (Å²) < 4.78 is 37.0. The Kier molecular flexibility index (Phi) is 6.36. The molecular formula is C20H31BFNO5. The number of ether oxygens (including phenoxy) is 2. The maximum atomic E-state index is 13.9. The Morgan fingerprint density at radius 3 is 2.29 bits per heavy atom. The first kappa shape index (κ1) is 22.5. The van der Waals surface area contributed by atoms with Crippen LogP contribution < -0.4 is 10.2 Å². The van der Waals surface area contributed by atoms with E-state index in [4.69, 9.17) is 18.8 Å². The van der Waals surface area contributed by atoms with Gasteiger partial charge in [0.1, 0.15) is 23.8 Å². The van der Waals surface area contributed by atoms with E-state index in [-0.39, 0.29) is 6.61 Å². The Morgan fingerprint density at radius 1 is 1.18 bits per heavy atom. The predicted molar refractivity (Wildman–Crippen MR) is 106 cm³/mol. The van der Waals surface area contributed by atoms with Crippen LogP contribution in [-0.4, -0.2) is 55.1 Å². The fraction of sp³-hybridized carbons (Fsp3) is 0.650. The third-order valence-electron chi connectivity index (χ3n) is 4.87. The number of amides is 1. The number of hydrogen-bond donors (Lipinski definition) is 0. The van der Waals surface area contributed by atoms with E-state index in [1.807, 2.05) is 48.5 Å². The molecule has 1 aromatic carbocycles. The van der Waals surface area contributed by atoms with E-state index < -0.39 is 35.8 Å². The average Bonchev–Trinajstić information content (AvgIpc) is 2.74. The number of likely N-dealkylation sites (N-methyl/N-ethyl adjacent to an activating group) is 1. The van der Waals surface area contributed by atoms with Crippen molar-refractivity contribution < 1.29 is 28.0 Å². The molecule has 0 radical (unpaired) electrons. The fourth-order valence-electron chi connectivity index (χ4n) is 2.53. The summed E-state index contributed by atoms with van der Waals surface area (Å²) in [4.78, 5) is 13.5. The Morgan fingerprint density at radius 2 is 1.75 bits per heavy atom. The summed E-state index contributed by atoms with van der Waals surface area (Å²) in [5.74, 6) is 0.0559. The average molecular weight is 395 g/mol. The van der Waals surface area contributed by atoms with Crippen molar-refractivity contribution in [2.45, 2.75) is 65.3 Å². The highest BCUT2D eigenvalue weighted by Gasteiger charge is 2.52. The molecule has 0 bridgehead atoms. The highest BCUT2D eigenvalue weighted by Crippen LogP contribution is 2.37. The minimum Gasteiger partial charge on any atom is -0.492 e. The van der Waals surface area contributed by atoms with Crippen LogP contribution in [0.5, 0.6) is 5.75 Å². The van der Waals surface area contributed by atoms with E-state index in [1.165, 1.54) is 17.0 Å².